The summed E-state index contributed by atoms with van der Waals surface area (Å²) in [5.74, 6) is -0.265. The van der Waals surface area contributed by atoms with E-state index in [4.69, 9.17) is 5.10 Å². The smallest absolute Gasteiger partial charge is 0.256 e. The summed E-state index contributed by atoms with van der Waals surface area (Å²) in [5, 5.41) is 26.7. The van der Waals surface area contributed by atoms with E-state index in [2.05, 4.69) is 21.4 Å². The first kappa shape index (κ1) is 21.2. The van der Waals surface area contributed by atoms with Gasteiger partial charge in [-0.15, -0.1) is 0 Å². The van der Waals surface area contributed by atoms with Crippen LogP contribution in [0.15, 0.2) is 48.7 Å². The zero-order valence-corrected chi connectivity index (χ0v) is 18.2. The zero-order valence-electron chi connectivity index (χ0n) is 18.2. The highest BCUT2D eigenvalue weighted by molar-refractivity contribution is 5.96. The molecule has 4 rings (SSSR count). The number of anilines is 1. The monoisotopic (exact) mass is 426 g/mol. The fourth-order valence-corrected chi connectivity index (χ4v) is 3.45. The molecule has 0 aliphatic carbocycles. The van der Waals surface area contributed by atoms with Gasteiger partial charge in [0.1, 0.15) is 17.1 Å². The number of aliphatic hydroxyl groups is 1. The van der Waals surface area contributed by atoms with Gasteiger partial charge in [-0.05, 0) is 63.6 Å². The summed E-state index contributed by atoms with van der Waals surface area (Å²) in [5.41, 5.74) is 4.28. The first-order chi connectivity index (χ1) is 15.2. The topological polar surface area (TPSA) is 116 Å². The Balaban J connectivity index is 1.97. The Kier molecular flexibility index (Phi) is 5.20. The lowest BCUT2D eigenvalue weighted by atomic mass is 9.99. The van der Waals surface area contributed by atoms with Gasteiger partial charge in [0.25, 0.3) is 5.91 Å². The molecule has 8 heteroatoms. The molecular weight excluding hydrogens is 404 g/mol. The highest BCUT2D eigenvalue weighted by atomic mass is 16.3. The van der Waals surface area contributed by atoms with Gasteiger partial charge in [0, 0.05) is 23.1 Å². The maximum Gasteiger partial charge on any atom is 0.256 e. The van der Waals surface area contributed by atoms with Crippen molar-refractivity contribution in [3.8, 4) is 28.5 Å². The van der Waals surface area contributed by atoms with Crippen molar-refractivity contribution in [2.24, 2.45) is 0 Å². The van der Waals surface area contributed by atoms with E-state index >= 15 is 0 Å². The van der Waals surface area contributed by atoms with E-state index in [0.717, 1.165) is 28.1 Å². The van der Waals surface area contributed by atoms with Crippen molar-refractivity contribution in [3.05, 3.63) is 65.6 Å². The van der Waals surface area contributed by atoms with Gasteiger partial charge >= 0.3 is 0 Å². The van der Waals surface area contributed by atoms with E-state index in [1.807, 2.05) is 38.1 Å². The van der Waals surface area contributed by atoms with Gasteiger partial charge in [-0.1, -0.05) is 12.1 Å². The predicted octanol–water partition coefficient (Wildman–Crippen LogP) is 3.66. The minimum atomic E-state index is -1.54. The van der Waals surface area contributed by atoms with Crippen molar-refractivity contribution in [2.45, 2.75) is 33.3 Å². The summed E-state index contributed by atoms with van der Waals surface area (Å²) in [7, 11) is 0. The average molecular weight is 426 g/mol. The lowest BCUT2D eigenvalue weighted by Gasteiger charge is -2.16. The summed E-state index contributed by atoms with van der Waals surface area (Å²) in [4.78, 5) is 21.3. The first-order valence-electron chi connectivity index (χ1n) is 10.0. The molecule has 0 bridgehead atoms. The maximum absolute atomic E-state index is 12.2. The highest BCUT2D eigenvalue weighted by Gasteiger charge is 2.25. The number of nitriles is 1. The van der Waals surface area contributed by atoms with Crippen molar-refractivity contribution >= 4 is 17.4 Å². The van der Waals surface area contributed by atoms with E-state index in [-0.39, 0.29) is 0 Å². The van der Waals surface area contributed by atoms with Gasteiger partial charge in [-0.2, -0.15) is 10.4 Å². The van der Waals surface area contributed by atoms with Gasteiger partial charge in [-0.25, -0.2) is 9.50 Å². The van der Waals surface area contributed by atoms with E-state index in [0.29, 0.717) is 22.7 Å². The third-order valence-electron chi connectivity index (χ3n) is 4.92. The third-order valence-corrected chi connectivity index (χ3v) is 4.92. The summed E-state index contributed by atoms with van der Waals surface area (Å²) in [6.07, 6.45) is 1.70. The molecule has 4 aromatic rings. The molecule has 160 valence electrons. The van der Waals surface area contributed by atoms with Gasteiger partial charge in [0.15, 0.2) is 5.65 Å². The molecule has 2 N–H and O–H groups in total. The number of nitrogens with one attached hydrogen (secondary N) is 1. The molecule has 0 radical (unpaired) electrons. The molecule has 3 heterocycles. The number of carbonyl (C=O) groups excluding carboxylic acids is 1. The lowest BCUT2D eigenvalue weighted by Crippen LogP contribution is -2.36. The minimum Gasteiger partial charge on any atom is -0.381 e. The molecule has 8 nitrogen and oxygen atoms in total. The average Bonchev–Trinajstić information content (AvgIpc) is 3.11. The van der Waals surface area contributed by atoms with Crippen molar-refractivity contribution in [3.63, 3.8) is 0 Å². The molecule has 32 heavy (non-hydrogen) atoms. The Bertz CT molecular complexity index is 1370. The van der Waals surface area contributed by atoms with E-state index in [1.165, 1.54) is 13.8 Å². The molecular formula is C24H22N6O2. The van der Waals surface area contributed by atoms with Crippen molar-refractivity contribution in [1.29, 1.82) is 5.26 Å². The minimum absolute atomic E-state index is 0.297. The Labute approximate surface area is 185 Å². The summed E-state index contributed by atoms with van der Waals surface area (Å²) >= 11 is 0. The normalized spacial score (nSPS) is 11.4. The number of aryl methyl sites for hydroxylation is 2. The number of aromatic nitrogens is 4. The van der Waals surface area contributed by atoms with E-state index < -0.39 is 11.5 Å². The van der Waals surface area contributed by atoms with Crippen LogP contribution in [-0.2, 0) is 4.79 Å². The van der Waals surface area contributed by atoms with Gasteiger partial charge in [-0.3, -0.25) is 9.78 Å². The molecule has 0 atom stereocenters. The largest absolute Gasteiger partial charge is 0.381 e. The third kappa shape index (κ3) is 4.06. The molecule has 0 saturated carbocycles. The van der Waals surface area contributed by atoms with Crippen LogP contribution in [0.25, 0.3) is 28.0 Å². The van der Waals surface area contributed by atoms with Crippen LogP contribution in [0.5, 0.6) is 0 Å². The summed E-state index contributed by atoms with van der Waals surface area (Å²) in [6.45, 7) is 6.66. The number of hydrogen-bond donors (Lipinski definition) is 2. The molecule has 0 spiro atoms. The van der Waals surface area contributed by atoms with E-state index in [9.17, 15) is 15.2 Å². The van der Waals surface area contributed by atoms with E-state index in [1.54, 1.807) is 28.9 Å². The van der Waals surface area contributed by atoms with Crippen molar-refractivity contribution in [2.75, 3.05) is 5.32 Å². The summed E-state index contributed by atoms with van der Waals surface area (Å²) < 4.78 is 1.63. The molecule has 1 amide bonds. The van der Waals surface area contributed by atoms with Crippen LogP contribution in [-0.4, -0.2) is 36.2 Å². The van der Waals surface area contributed by atoms with Crippen molar-refractivity contribution in [1.82, 2.24) is 19.6 Å². The molecule has 1 aromatic carbocycles. The Morgan fingerprint density at radius 2 is 1.81 bits per heavy atom. The number of carbonyl (C=O) groups is 1. The van der Waals surface area contributed by atoms with Crippen molar-refractivity contribution < 1.29 is 9.90 Å². The fraction of sp³-hybridized carbons (Fsp3) is 0.208. The van der Waals surface area contributed by atoms with Crippen LogP contribution in [0.1, 0.15) is 30.8 Å². The molecule has 0 saturated heterocycles. The number of rotatable bonds is 4. The van der Waals surface area contributed by atoms with Crippen LogP contribution in [0, 0.1) is 25.2 Å². The second kappa shape index (κ2) is 7.87. The first-order valence-corrected chi connectivity index (χ1v) is 10.0. The molecule has 0 fully saturated rings. The number of nitrogens with zero attached hydrogens (tertiary/aromatic N) is 5. The standard InChI is InChI=1S/C24H22N6O2/c1-14-10-18(11-15(2)26-14)20-21(17-7-5-6-16(12-17)13-25)29-30-9-8-19(27-22(20)30)28-23(31)24(3,4)32/h5-12,32H,1-4H3,(H,27,28,31). The highest BCUT2D eigenvalue weighted by Crippen LogP contribution is 2.35. The van der Waals surface area contributed by atoms with Gasteiger partial charge in [0.05, 0.1) is 17.2 Å². The fourth-order valence-electron chi connectivity index (χ4n) is 3.45. The van der Waals surface area contributed by atoms with Crippen LogP contribution in [0.2, 0.25) is 0 Å². The number of hydrogen-bond acceptors (Lipinski definition) is 6. The van der Waals surface area contributed by atoms with Crippen LogP contribution >= 0.6 is 0 Å². The lowest BCUT2D eigenvalue weighted by molar-refractivity contribution is -0.130. The second-order valence-electron chi connectivity index (χ2n) is 8.15. The Morgan fingerprint density at radius 1 is 1.09 bits per heavy atom. The molecule has 3 aromatic heterocycles. The molecule has 0 unspecified atom stereocenters. The quantitative estimate of drug-likeness (QED) is 0.514. The number of fused-ring (bicyclic) bond motifs is 1. The molecule has 0 aliphatic heterocycles. The predicted molar refractivity (Wildman–Crippen MR) is 121 cm³/mol. The zero-order chi connectivity index (χ0) is 23.0. The Morgan fingerprint density at radius 3 is 2.47 bits per heavy atom. The van der Waals surface area contributed by atoms with Crippen LogP contribution in [0.3, 0.4) is 0 Å². The summed E-state index contributed by atoms with van der Waals surface area (Å²) in [6, 6.07) is 14.9. The SMILES string of the molecule is Cc1cc(-c2c(-c3cccc(C#N)c3)nn3ccc(NC(=O)C(C)(C)O)nc23)cc(C)n1. The van der Waals surface area contributed by atoms with Gasteiger partial charge in [0.2, 0.25) is 0 Å². The van der Waals surface area contributed by atoms with Crippen LogP contribution in [0.4, 0.5) is 5.82 Å². The number of pyridine rings is 1. The second-order valence-corrected chi connectivity index (χ2v) is 8.15. The number of benzene rings is 1. The number of amides is 1. The maximum atomic E-state index is 12.2. The molecule has 0 aliphatic rings. The van der Waals surface area contributed by atoms with Crippen LogP contribution < -0.4 is 5.32 Å². The van der Waals surface area contributed by atoms with Gasteiger partial charge < -0.3 is 10.4 Å². The Hall–Kier alpha value is -4.09.